The molecule has 3 aromatic heterocycles. The summed E-state index contributed by atoms with van der Waals surface area (Å²) in [6, 6.07) is 15.1. The molecule has 8 nitrogen and oxygen atoms in total. The molecule has 9 heteroatoms. The number of methoxy groups -OCH3 is 1. The van der Waals surface area contributed by atoms with Crippen LogP contribution in [-0.2, 0) is 17.9 Å². The zero-order chi connectivity index (χ0) is 23.9. The minimum absolute atomic E-state index is 0.153. The fraction of sp³-hybridized carbons (Fsp3) is 0.192. The summed E-state index contributed by atoms with van der Waals surface area (Å²) in [5, 5.41) is 5.84. The molecular weight excluding hydrogens is 468 g/mol. The molecule has 0 amide bonds. The Morgan fingerprint density at radius 3 is 2.77 bits per heavy atom. The van der Waals surface area contributed by atoms with Gasteiger partial charge in [0, 0.05) is 24.5 Å². The molecule has 0 spiro atoms. The van der Waals surface area contributed by atoms with E-state index in [1.165, 1.54) is 0 Å². The van der Waals surface area contributed by atoms with E-state index in [2.05, 4.69) is 4.98 Å². The molecule has 6 rings (SSSR count). The highest BCUT2D eigenvalue weighted by molar-refractivity contribution is 6.30. The van der Waals surface area contributed by atoms with Crippen LogP contribution in [0.2, 0.25) is 5.02 Å². The van der Waals surface area contributed by atoms with Crippen LogP contribution in [0.4, 0.5) is 0 Å². The van der Waals surface area contributed by atoms with Crippen LogP contribution in [0.25, 0.3) is 27.7 Å². The van der Waals surface area contributed by atoms with Crippen LogP contribution < -0.4 is 15.0 Å². The van der Waals surface area contributed by atoms with Gasteiger partial charge in [-0.2, -0.15) is 5.10 Å². The van der Waals surface area contributed by atoms with Crippen molar-refractivity contribution < 1.29 is 14.2 Å². The zero-order valence-corrected chi connectivity index (χ0v) is 19.7. The van der Waals surface area contributed by atoms with Crippen LogP contribution in [0.15, 0.2) is 65.7 Å². The van der Waals surface area contributed by atoms with E-state index in [0.29, 0.717) is 53.7 Å². The molecule has 0 fully saturated rings. The average molecular weight is 489 g/mol. The molecule has 0 unspecified atom stereocenters. The Morgan fingerprint density at radius 1 is 1.09 bits per heavy atom. The van der Waals surface area contributed by atoms with Crippen molar-refractivity contribution >= 4 is 28.2 Å². The second-order valence-electron chi connectivity index (χ2n) is 8.28. The first-order chi connectivity index (χ1) is 17.1. The number of halogens is 1. The summed E-state index contributed by atoms with van der Waals surface area (Å²) in [6.45, 7) is 1.75. The van der Waals surface area contributed by atoms with E-state index >= 15 is 0 Å². The van der Waals surface area contributed by atoms with Gasteiger partial charge in [-0.25, -0.2) is 9.50 Å². The molecule has 35 heavy (non-hydrogen) atoms. The van der Waals surface area contributed by atoms with Crippen LogP contribution in [0.1, 0.15) is 11.3 Å². The fourth-order valence-corrected chi connectivity index (χ4v) is 4.63. The van der Waals surface area contributed by atoms with Crippen molar-refractivity contribution in [1.82, 2.24) is 19.2 Å². The van der Waals surface area contributed by atoms with Crippen LogP contribution >= 0.6 is 11.6 Å². The number of rotatable bonds is 5. The van der Waals surface area contributed by atoms with Gasteiger partial charge >= 0.3 is 0 Å². The molecule has 0 saturated carbocycles. The van der Waals surface area contributed by atoms with Gasteiger partial charge in [0.05, 0.1) is 35.3 Å². The highest BCUT2D eigenvalue weighted by Gasteiger charge is 2.19. The third kappa shape index (κ3) is 3.80. The molecule has 0 bridgehead atoms. The van der Waals surface area contributed by atoms with Crippen molar-refractivity contribution in [2.75, 3.05) is 20.3 Å². The number of hydrogen-bond acceptors (Lipinski definition) is 6. The maximum Gasteiger partial charge on any atom is 0.261 e. The molecule has 2 aromatic carbocycles. The van der Waals surface area contributed by atoms with Crippen LogP contribution in [0.5, 0.6) is 11.5 Å². The smallest absolute Gasteiger partial charge is 0.261 e. The van der Waals surface area contributed by atoms with E-state index in [4.69, 9.17) is 30.9 Å². The predicted octanol–water partition coefficient (Wildman–Crippen LogP) is 4.33. The summed E-state index contributed by atoms with van der Waals surface area (Å²) in [4.78, 5) is 18.0. The molecule has 0 saturated heterocycles. The monoisotopic (exact) mass is 488 g/mol. The maximum absolute atomic E-state index is 13.4. The first kappa shape index (κ1) is 21.6. The molecule has 0 N–H and O–H groups in total. The number of nitrogens with zero attached hydrogens (tertiary/aromatic N) is 4. The Morgan fingerprint density at radius 2 is 1.94 bits per heavy atom. The summed E-state index contributed by atoms with van der Waals surface area (Å²) in [5.74, 6) is 1.42. The molecule has 1 aliphatic rings. The van der Waals surface area contributed by atoms with Gasteiger partial charge in [-0.15, -0.1) is 0 Å². The highest BCUT2D eigenvalue weighted by atomic mass is 35.5. The zero-order valence-electron chi connectivity index (χ0n) is 18.9. The van der Waals surface area contributed by atoms with Crippen LogP contribution in [0.3, 0.4) is 0 Å². The van der Waals surface area contributed by atoms with Crippen molar-refractivity contribution in [2.45, 2.75) is 13.2 Å². The Balaban J connectivity index is 1.46. The minimum atomic E-state index is -0.153. The number of hydrogen-bond donors (Lipinski definition) is 0. The van der Waals surface area contributed by atoms with E-state index in [9.17, 15) is 4.79 Å². The van der Waals surface area contributed by atoms with Gasteiger partial charge in [-0.05, 0) is 41.5 Å². The second kappa shape index (κ2) is 8.72. The van der Waals surface area contributed by atoms with E-state index in [0.717, 1.165) is 28.1 Å². The third-order valence-corrected chi connectivity index (χ3v) is 6.25. The maximum atomic E-state index is 13.4. The van der Waals surface area contributed by atoms with Gasteiger partial charge in [0.25, 0.3) is 5.56 Å². The van der Waals surface area contributed by atoms with Crippen LogP contribution in [0, 0.1) is 0 Å². The number of benzene rings is 2. The number of aromatic nitrogens is 4. The van der Waals surface area contributed by atoms with E-state index in [1.54, 1.807) is 28.6 Å². The van der Waals surface area contributed by atoms with E-state index < -0.39 is 0 Å². The Hall–Kier alpha value is -3.88. The standard InChI is InChI=1S/C26H21ClN4O4/c1-33-15-20-24(17-3-2-4-18(27)12-17)25-28-13-19-21(31(25)29-20)7-8-30(26(19)32)14-16-5-6-22-23(11-16)35-10-9-34-22/h2-8,11-13H,9-10,14-15H2,1H3. The Kier molecular flexibility index (Phi) is 5.39. The molecule has 1 aliphatic heterocycles. The van der Waals surface area contributed by atoms with Crippen molar-refractivity contribution in [3.8, 4) is 22.6 Å². The number of fused-ring (bicyclic) bond motifs is 4. The molecular formula is C26H21ClN4O4. The van der Waals surface area contributed by atoms with Gasteiger partial charge in [-0.1, -0.05) is 29.8 Å². The Labute approximate surface area is 205 Å². The van der Waals surface area contributed by atoms with Crippen LogP contribution in [-0.4, -0.2) is 39.5 Å². The van der Waals surface area contributed by atoms with Crippen molar-refractivity contribution in [1.29, 1.82) is 0 Å². The lowest BCUT2D eigenvalue weighted by molar-refractivity contribution is 0.171. The molecule has 0 atom stereocenters. The lowest BCUT2D eigenvalue weighted by Crippen LogP contribution is -2.21. The fourth-order valence-electron chi connectivity index (χ4n) is 4.44. The first-order valence-electron chi connectivity index (χ1n) is 11.2. The quantitative estimate of drug-likeness (QED) is 0.366. The largest absolute Gasteiger partial charge is 0.486 e. The SMILES string of the molecule is COCc1nn2c(ncc3c(=O)n(Cc4ccc5c(c4)OCCO5)ccc32)c1-c1cccc(Cl)c1. The van der Waals surface area contributed by atoms with E-state index in [-0.39, 0.29) is 5.56 Å². The normalized spacial score (nSPS) is 13.0. The Bertz CT molecular complexity index is 1640. The lowest BCUT2D eigenvalue weighted by Gasteiger charge is -2.19. The molecule has 0 aliphatic carbocycles. The number of ether oxygens (including phenoxy) is 3. The first-order valence-corrected chi connectivity index (χ1v) is 11.5. The summed E-state index contributed by atoms with van der Waals surface area (Å²) in [6.07, 6.45) is 3.39. The van der Waals surface area contributed by atoms with Gasteiger partial charge in [0.15, 0.2) is 17.1 Å². The summed E-state index contributed by atoms with van der Waals surface area (Å²) in [5.41, 5.74) is 4.53. The molecule has 4 heterocycles. The molecule has 0 radical (unpaired) electrons. The minimum Gasteiger partial charge on any atom is -0.486 e. The highest BCUT2D eigenvalue weighted by Crippen LogP contribution is 2.32. The van der Waals surface area contributed by atoms with Crippen molar-refractivity contribution in [3.05, 3.63) is 87.6 Å². The molecule has 176 valence electrons. The van der Waals surface area contributed by atoms with Gasteiger partial charge in [0.1, 0.15) is 13.2 Å². The topological polar surface area (TPSA) is 79.9 Å². The summed E-state index contributed by atoms with van der Waals surface area (Å²) < 4.78 is 20.0. The third-order valence-electron chi connectivity index (χ3n) is 6.01. The van der Waals surface area contributed by atoms with Crippen molar-refractivity contribution in [3.63, 3.8) is 0 Å². The predicted molar refractivity (Wildman–Crippen MR) is 132 cm³/mol. The number of pyridine rings is 1. The lowest BCUT2D eigenvalue weighted by atomic mass is 10.1. The van der Waals surface area contributed by atoms with Gasteiger partial charge in [0.2, 0.25) is 0 Å². The average Bonchev–Trinajstić information content (AvgIpc) is 3.24. The second-order valence-corrected chi connectivity index (χ2v) is 8.72. The molecule has 5 aromatic rings. The van der Waals surface area contributed by atoms with Gasteiger partial charge in [-0.3, -0.25) is 4.79 Å². The van der Waals surface area contributed by atoms with Crippen molar-refractivity contribution in [2.24, 2.45) is 0 Å². The summed E-state index contributed by atoms with van der Waals surface area (Å²) in [7, 11) is 1.62. The summed E-state index contributed by atoms with van der Waals surface area (Å²) >= 11 is 6.24. The van der Waals surface area contributed by atoms with Gasteiger partial charge < -0.3 is 18.8 Å². The van der Waals surface area contributed by atoms with E-state index in [1.807, 2.05) is 48.5 Å².